The van der Waals surface area contributed by atoms with Crippen LogP contribution in [0, 0.1) is 0 Å². The lowest BCUT2D eigenvalue weighted by molar-refractivity contribution is -0.120. The molecule has 0 saturated heterocycles. The molecule has 102 valence electrons. The molecule has 6 heteroatoms. The molecular formula is C14H14N4O2. The molecule has 0 aliphatic rings. The van der Waals surface area contributed by atoms with Gasteiger partial charge in [0.25, 0.3) is 5.56 Å². The number of aromatic nitrogens is 2. The lowest BCUT2D eigenvalue weighted by Crippen LogP contribution is -2.19. The minimum absolute atomic E-state index is 0.0679. The van der Waals surface area contributed by atoms with E-state index < -0.39 is 0 Å². The summed E-state index contributed by atoms with van der Waals surface area (Å²) in [5.41, 5.74) is 3.68. The lowest BCUT2D eigenvalue weighted by Gasteiger charge is -1.95. The Morgan fingerprint density at radius 1 is 1.25 bits per heavy atom. The topological polar surface area (TPSA) is 90.1 Å². The normalized spacial score (nSPS) is 11.2. The standard InChI is InChI=1S/C14H14N4O2/c19-13(9-12-10-14(20)18-16-12)17-15-8-4-7-11-5-2-1-3-6-11/h1-8,10H,9H2,(H,17,19)(H2,16,18,20)/b7-4?,15-8+. The Hall–Kier alpha value is -2.89. The van der Waals surface area contributed by atoms with Crippen LogP contribution in [0.5, 0.6) is 0 Å². The van der Waals surface area contributed by atoms with Gasteiger partial charge in [-0.05, 0) is 11.6 Å². The third kappa shape index (κ3) is 4.41. The van der Waals surface area contributed by atoms with Crippen LogP contribution >= 0.6 is 0 Å². The van der Waals surface area contributed by atoms with Crippen molar-refractivity contribution in [3.05, 3.63) is 64.1 Å². The third-order valence-electron chi connectivity index (χ3n) is 2.44. The molecule has 0 atom stereocenters. The summed E-state index contributed by atoms with van der Waals surface area (Å²) < 4.78 is 0. The number of hydrogen-bond donors (Lipinski definition) is 3. The molecule has 1 aromatic heterocycles. The molecule has 0 saturated carbocycles. The second-order valence-electron chi connectivity index (χ2n) is 4.04. The first kappa shape index (κ1) is 13.5. The second kappa shape index (κ2) is 6.89. The Labute approximate surface area is 115 Å². The SMILES string of the molecule is O=C(Cc1cc(=O)[nH][nH]1)N/N=C/C=Cc1ccccc1. The molecule has 1 heterocycles. The minimum atomic E-state index is -0.301. The molecule has 2 rings (SSSR count). The zero-order chi connectivity index (χ0) is 14.2. The Morgan fingerprint density at radius 3 is 2.75 bits per heavy atom. The van der Waals surface area contributed by atoms with Gasteiger partial charge < -0.3 is 5.10 Å². The number of aromatic amines is 2. The number of hydrazone groups is 1. The van der Waals surface area contributed by atoms with Crippen LogP contribution < -0.4 is 11.0 Å². The predicted molar refractivity (Wildman–Crippen MR) is 77.2 cm³/mol. The van der Waals surface area contributed by atoms with Gasteiger partial charge in [-0.1, -0.05) is 36.4 Å². The van der Waals surface area contributed by atoms with Crippen LogP contribution in [0.4, 0.5) is 0 Å². The van der Waals surface area contributed by atoms with E-state index in [9.17, 15) is 9.59 Å². The fourth-order valence-corrected chi connectivity index (χ4v) is 1.55. The average Bonchev–Trinajstić information content (AvgIpc) is 2.85. The Bertz CT molecular complexity index is 668. The summed E-state index contributed by atoms with van der Waals surface area (Å²) in [4.78, 5) is 22.3. The van der Waals surface area contributed by atoms with E-state index in [0.717, 1.165) is 5.56 Å². The monoisotopic (exact) mass is 270 g/mol. The van der Waals surface area contributed by atoms with Crippen LogP contribution in [0.3, 0.4) is 0 Å². The highest BCUT2D eigenvalue weighted by Crippen LogP contribution is 1.99. The number of H-pyrrole nitrogens is 2. The van der Waals surface area contributed by atoms with E-state index in [1.807, 2.05) is 36.4 Å². The first-order valence-corrected chi connectivity index (χ1v) is 6.04. The second-order valence-corrected chi connectivity index (χ2v) is 4.04. The van der Waals surface area contributed by atoms with Crippen LogP contribution in [0.1, 0.15) is 11.3 Å². The molecule has 0 spiro atoms. The van der Waals surface area contributed by atoms with Gasteiger partial charge in [0.2, 0.25) is 5.91 Å². The van der Waals surface area contributed by atoms with Crippen molar-refractivity contribution in [1.82, 2.24) is 15.6 Å². The van der Waals surface area contributed by atoms with Crippen LogP contribution in [-0.2, 0) is 11.2 Å². The predicted octanol–water partition coefficient (Wildman–Crippen LogP) is 1.06. The van der Waals surface area contributed by atoms with E-state index in [4.69, 9.17) is 0 Å². The molecule has 2 aromatic rings. The smallest absolute Gasteiger partial charge is 0.264 e. The van der Waals surface area contributed by atoms with Crippen LogP contribution in [0.25, 0.3) is 6.08 Å². The van der Waals surface area contributed by atoms with Gasteiger partial charge in [-0.3, -0.25) is 14.7 Å². The Balaban J connectivity index is 1.77. The lowest BCUT2D eigenvalue weighted by atomic mass is 10.2. The summed E-state index contributed by atoms with van der Waals surface area (Å²) >= 11 is 0. The maximum Gasteiger partial charge on any atom is 0.264 e. The zero-order valence-electron chi connectivity index (χ0n) is 10.7. The molecule has 0 bridgehead atoms. The number of rotatable bonds is 5. The number of nitrogens with one attached hydrogen (secondary N) is 3. The number of benzene rings is 1. The van der Waals surface area contributed by atoms with E-state index in [2.05, 4.69) is 20.7 Å². The summed E-state index contributed by atoms with van der Waals surface area (Å²) in [6.07, 6.45) is 5.16. The number of carbonyl (C=O) groups is 1. The Kier molecular flexibility index (Phi) is 4.66. The van der Waals surface area contributed by atoms with Gasteiger partial charge in [0, 0.05) is 18.0 Å². The first-order valence-electron chi connectivity index (χ1n) is 6.04. The summed E-state index contributed by atoms with van der Waals surface area (Å²) in [6, 6.07) is 11.1. The maximum atomic E-state index is 11.5. The molecule has 0 unspecified atom stereocenters. The highest BCUT2D eigenvalue weighted by molar-refractivity contribution is 5.82. The molecule has 1 aromatic carbocycles. The minimum Gasteiger partial charge on any atom is -0.302 e. The Morgan fingerprint density at radius 2 is 2.05 bits per heavy atom. The zero-order valence-corrected chi connectivity index (χ0v) is 10.7. The number of nitrogens with zero attached hydrogens (tertiary/aromatic N) is 1. The van der Waals surface area contributed by atoms with Crippen molar-refractivity contribution in [2.75, 3.05) is 0 Å². The van der Waals surface area contributed by atoms with Gasteiger partial charge in [-0.15, -0.1) is 0 Å². The van der Waals surface area contributed by atoms with Crippen LogP contribution in [0.2, 0.25) is 0 Å². The largest absolute Gasteiger partial charge is 0.302 e. The van der Waals surface area contributed by atoms with E-state index in [0.29, 0.717) is 5.69 Å². The van der Waals surface area contributed by atoms with Gasteiger partial charge in [0.1, 0.15) is 0 Å². The molecular weight excluding hydrogens is 256 g/mol. The number of hydrogen-bond acceptors (Lipinski definition) is 3. The van der Waals surface area contributed by atoms with Crippen LogP contribution in [-0.4, -0.2) is 22.3 Å². The van der Waals surface area contributed by atoms with Crippen molar-refractivity contribution >= 4 is 18.2 Å². The number of amides is 1. The van der Waals surface area contributed by atoms with Crippen molar-refractivity contribution in [3.63, 3.8) is 0 Å². The van der Waals surface area contributed by atoms with Crippen LogP contribution in [0.15, 0.2) is 52.4 Å². The van der Waals surface area contributed by atoms with Gasteiger partial charge >= 0.3 is 0 Å². The third-order valence-corrected chi connectivity index (χ3v) is 2.44. The van der Waals surface area contributed by atoms with E-state index in [1.54, 1.807) is 6.08 Å². The van der Waals surface area contributed by atoms with Gasteiger partial charge in [-0.2, -0.15) is 5.10 Å². The fourth-order valence-electron chi connectivity index (χ4n) is 1.55. The van der Waals surface area contributed by atoms with Crippen molar-refractivity contribution in [1.29, 1.82) is 0 Å². The molecule has 20 heavy (non-hydrogen) atoms. The average molecular weight is 270 g/mol. The summed E-state index contributed by atoms with van der Waals surface area (Å²) in [5, 5.41) is 8.73. The summed E-state index contributed by atoms with van der Waals surface area (Å²) in [7, 11) is 0. The molecule has 0 fully saturated rings. The van der Waals surface area contributed by atoms with Gasteiger partial charge in [0.15, 0.2) is 0 Å². The molecule has 1 amide bonds. The summed E-state index contributed by atoms with van der Waals surface area (Å²) in [5.74, 6) is -0.301. The highest BCUT2D eigenvalue weighted by Gasteiger charge is 2.03. The van der Waals surface area contributed by atoms with E-state index in [-0.39, 0.29) is 17.9 Å². The van der Waals surface area contributed by atoms with Crippen molar-refractivity contribution in [2.45, 2.75) is 6.42 Å². The van der Waals surface area contributed by atoms with Gasteiger partial charge in [0.05, 0.1) is 6.42 Å². The molecule has 6 nitrogen and oxygen atoms in total. The number of allylic oxidation sites excluding steroid dienone is 1. The van der Waals surface area contributed by atoms with Crippen molar-refractivity contribution in [3.8, 4) is 0 Å². The quantitative estimate of drug-likeness (QED) is 0.560. The summed E-state index contributed by atoms with van der Waals surface area (Å²) in [6.45, 7) is 0. The highest BCUT2D eigenvalue weighted by atomic mass is 16.2. The maximum absolute atomic E-state index is 11.5. The molecule has 0 radical (unpaired) electrons. The number of carbonyl (C=O) groups excluding carboxylic acids is 1. The van der Waals surface area contributed by atoms with E-state index in [1.165, 1.54) is 12.3 Å². The van der Waals surface area contributed by atoms with Crippen molar-refractivity contribution in [2.24, 2.45) is 5.10 Å². The fraction of sp³-hybridized carbons (Fsp3) is 0.0714. The van der Waals surface area contributed by atoms with E-state index >= 15 is 0 Å². The molecule has 3 N–H and O–H groups in total. The van der Waals surface area contributed by atoms with Gasteiger partial charge in [-0.25, -0.2) is 5.43 Å². The van der Waals surface area contributed by atoms with Crippen molar-refractivity contribution < 1.29 is 4.79 Å². The first-order chi connectivity index (χ1) is 9.74. The molecule has 0 aliphatic heterocycles. The molecule has 0 aliphatic carbocycles.